The van der Waals surface area contributed by atoms with Gasteiger partial charge in [0.15, 0.2) is 0 Å². The molecule has 0 unspecified atom stereocenters. The van der Waals surface area contributed by atoms with Gasteiger partial charge in [0.2, 0.25) is 11.9 Å². The Morgan fingerprint density at radius 3 is 2.35 bits per heavy atom. The predicted molar refractivity (Wildman–Crippen MR) is 103 cm³/mol. The maximum absolute atomic E-state index is 12.3. The highest BCUT2D eigenvalue weighted by Gasteiger charge is 2.14. The van der Waals surface area contributed by atoms with Crippen LogP contribution in [0.25, 0.3) is 10.9 Å². The highest BCUT2D eigenvalue weighted by Crippen LogP contribution is 2.19. The van der Waals surface area contributed by atoms with E-state index in [1.54, 1.807) is 12.1 Å². The van der Waals surface area contributed by atoms with Crippen LogP contribution in [0.3, 0.4) is 0 Å². The first kappa shape index (κ1) is 17.8. The second-order valence-corrected chi connectivity index (χ2v) is 7.65. The lowest BCUT2D eigenvalue weighted by Crippen LogP contribution is -2.25. The lowest BCUT2D eigenvalue weighted by Gasteiger charge is -2.08. The summed E-state index contributed by atoms with van der Waals surface area (Å²) in [5.41, 5.74) is 9.31. The van der Waals surface area contributed by atoms with E-state index in [1.165, 1.54) is 12.1 Å². The Kier molecular flexibility index (Phi) is 4.60. The number of aryl methyl sites for hydroxylation is 3. The average Bonchev–Trinajstić information content (AvgIpc) is 2.55. The van der Waals surface area contributed by atoms with E-state index in [9.17, 15) is 8.42 Å². The third-order valence-corrected chi connectivity index (χ3v) is 5.12. The van der Waals surface area contributed by atoms with E-state index >= 15 is 0 Å². The second kappa shape index (κ2) is 6.72. The molecule has 0 fully saturated rings. The largest absolute Gasteiger partial charge is 0.369 e. The zero-order valence-electron chi connectivity index (χ0n) is 14.7. The molecule has 3 N–H and O–H groups in total. The highest BCUT2D eigenvalue weighted by atomic mass is 32.2. The minimum atomic E-state index is -3.91. The molecule has 7 nitrogen and oxygen atoms in total. The van der Waals surface area contributed by atoms with Crippen molar-refractivity contribution >= 4 is 32.8 Å². The summed E-state index contributed by atoms with van der Waals surface area (Å²) in [5.74, 6) is -0.101. The van der Waals surface area contributed by atoms with E-state index in [1.807, 2.05) is 39.0 Å². The molecule has 0 atom stereocenters. The third-order valence-electron chi connectivity index (χ3n) is 3.82. The fourth-order valence-electron chi connectivity index (χ4n) is 2.48. The van der Waals surface area contributed by atoms with Crippen molar-refractivity contribution in [1.29, 1.82) is 0 Å². The summed E-state index contributed by atoms with van der Waals surface area (Å²) in [6, 6.07) is 12.2. The number of hydrogen-bond donors (Lipinski definition) is 2. The molecule has 0 aliphatic carbocycles. The molecule has 0 radical (unpaired) electrons. The molecule has 3 rings (SSSR count). The standard InChI is InChI=1S/C18H19N5O2S/c1-11-4-7-14(8-5-11)26(24,25)23-17(19)22-18-20-13(3)15-10-12(2)6-9-16(15)21-18/h4-10H,1-3H3,(H3,19,20,21,22,23). The van der Waals surface area contributed by atoms with Gasteiger partial charge in [-0.2, -0.15) is 8.42 Å². The number of nitrogens with one attached hydrogen (secondary N) is 1. The van der Waals surface area contributed by atoms with Gasteiger partial charge in [-0.1, -0.05) is 29.3 Å². The maximum Gasteiger partial charge on any atom is 0.285 e. The molecule has 0 aliphatic heterocycles. The second-order valence-electron chi connectivity index (χ2n) is 6.04. The number of nitrogens with two attached hydrogens (primary N) is 1. The quantitative estimate of drug-likeness (QED) is 0.542. The van der Waals surface area contributed by atoms with E-state index in [2.05, 4.69) is 19.7 Å². The van der Waals surface area contributed by atoms with E-state index in [4.69, 9.17) is 5.73 Å². The van der Waals surface area contributed by atoms with Crippen molar-refractivity contribution in [2.45, 2.75) is 25.7 Å². The van der Waals surface area contributed by atoms with Crippen molar-refractivity contribution in [3.63, 3.8) is 0 Å². The molecule has 0 spiro atoms. The van der Waals surface area contributed by atoms with Crippen LogP contribution in [-0.4, -0.2) is 24.3 Å². The SMILES string of the molecule is Cc1ccc(S(=O)(=O)/N=C(\N)Nc2nc(C)c3cc(C)ccc3n2)cc1. The van der Waals surface area contributed by atoms with Crippen LogP contribution >= 0.6 is 0 Å². The first-order valence-corrected chi connectivity index (χ1v) is 9.38. The van der Waals surface area contributed by atoms with Gasteiger partial charge in [-0.3, -0.25) is 5.32 Å². The molecule has 0 amide bonds. The number of nitrogens with zero attached hydrogens (tertiary/aromatic N) is 3. The van der Waals surface area contributed by atoms with Crippen LogP contribution in [0.4, 0.5) is 5.95 Å². The van der Waals surface area contributed by atoms with Crippen LogP contribution in [0.15, 0.2) is 51.8 Å². The lowest BCUT2D eigenvalue weighted by atomic mass is 10.1. The molecule has 3 aromatic rings. The summed E-state index contributed by atoms with van der Waals surface area (Å²) in [6.45, 7) is 5.72. The minimum absolute atomic E-state index is 0.0685. The first-order valence-electron chi connectivity index (χ1n) is 7.94. The van der Waals surface area contributed by atoms with Crippen LogP contribution in [0.1, 0.15) is 16.8 Å². The van der Waals surface area contributed by atoms with E-state index in [0.29, 0.717) is 0 Å². The molecular weight excluding hydrogens is 350 g/mol. The van der Waals surface area contributed by atoms with Gasteiger partial charge in [-0.15, -0.1) is 4.40 Å². The van der Waals surface area contributed by atoms with Gasteiger partial charge in [0, 0.05) is 5.39 Å². The summed E-state index contributed by atoms with van der Waals surface area (Å²) in [7, 11) is -3.91. The molecule has 8 heteroatoms. The van der Waals surface area contributed by atoms with E-state index < -0.39 is 10.0 Å². The maximum atomic E-state index is 12.3. The summed E-state index contributed by atoms with van der Waals surface area (Å²) in [6.07, 6.45) is 0. The number of guanidine groups is 1. The number of benzene rings is 2. The number of anilines is 1. The van der Waals surface area contributed by atoms with Gasteiger partial charge in [0.05, 0.1) is 16.1 Å². The van der Waals surface area contributed by atoms with Gasteiger partial charge in [-0.05, 0) is 45.0 Å². The number of hydrogen-bond acceptors (Lipinski definition) is 4. The fourth-order valence-corrected chi connectivity index (χ4v) is 3.37. The Bertz CT molecular complexity index is 1110. The third kappa shape index (κ3) is 3.80. The Morgan fingerprint density at radius 2 is 1.65 bits per heavy atom. The van der Waals surface area contributed by atoms with Crippen molar-refractivity contribution in [3.8, 4) is 0 Å². The normalized spacial score (nSPS) is 12.3. The van der Waals surface area contributed by atoms with Crippen molar-refractivity contribution in [3.05, 3.63) is 59.3 Å². The molecule has 2 aromatic carbocycles. The van der Waals surface area contributed by atoms with Crippen LogP contribution in [0.2, 0.25) is 0 Å². The van der Waals surface area contributed by atoms with Crippen molar-refractivity contribution in [1.82, 2.24) is 9.97 Å². The highest BCUT2D eigenvalue weighted by molar-refractivity contribution is 7.90. The predicted octanol–water partition coefficient (Wildman–Crippen LogP) is 2.67. The van der Waals surface area contributed by atoms with Crippen LogP contribution in [0.5, 0.6) is 0 Å². The average molecular weight is 369 g/mol. The van der Waals surface area contributed by atoms with Gasteiger partial charge in [0.25, 0.3) is 10.0 Å². The lowest BCUT2D eigenvalue weighted by molar-refractivity contribution is 0.598. The monoisotopic (exact) mass is 369 g/mol. The molecule has 134 valence electrons. The molecule has 0 aliphatic rings. The van der Waals surface area contributed by atoms with Crippen LogP contribution < -0.4 is 11.1 Å². The molecule has 0 saturated carbocycles. The van der Waals surface area contributed by atoms with Crippen molar-refractivity contribution < 1.29 is 8.42 Å². The Hall–Kier alpha value is -3.00. The van der Waals surface area contributed by atoms with Gasteiger partial charge in [-0.25, -0.2) is 9.97 Å². The zero-order valence-corrected chi connectivity index (χ0v) is 15.5. The number of sulfonamides is 1. The van der Waals surface area contributed by atoms with Gasteiger partial charge >= 0.3 is 0 Å². The summed E-state index contributed by atoms with van der Waals surface area (Å²) in [5, 5.41) is 3.58. The van der Waals surface area contributed by atoms with E-state index in [-0.39, 0.29) is 16.8 Å². The van der Waals surface area contributed by atoms with Crippen molar-refractivity contribution in [2.24, 2.45) is 10.1 Å². The topological polar surface area (TPSA) is 110 Å². The molecule has 1 heterocycles. The molecule has 0 bridgehead atoms. The molecule has 0 saturated heterocycles. The summed E-state index contributed by atoms with van der Waals surface area (Å²) in [4.78, 5) is 8.74. The molecule has 1 aromatic heterocycles. The van der Waals surface area contributed by atoms with Crippen molar-refractivity contribution in [2.75, 3.05) is 5.32 Å². The zero-order chi connectivity index (χ0) is 18.9. The van der Waals surface area contributed by atoms with Crippen LogP contribution in [-0.2, 0) is 10.0 Å². The number of rotatable bonds is 3. The first-order chi connectivity index (χ1) is 12.2. The van der Waals surface area contributed by atoms with Gasteiger partial charge < -0.3 is 5.73 Å². The Morgan fingerprint density at radius 1 is 1.00 bits per heavy atom. The van der Waals surface area contributed by atoms with Crippen LogP contribution in [0, 0.1) is 20.8 Å². The molecule has 26 heavy (non-hydrogen) atoms. The fraction of sp³-hybridized carbons (Fsp3) is 0.167. The summed E-state index contributed by atoms with van der Waals surface area (Å²) >= 11 is 0. The number of fused-ring (bicyclic) bond motifs is 1. The smallest absolute Gasteiger partial charge is 0.285 e. The minimum Gasteiger partial charge on any atom is -0.369 e. The summed E-state index contributed by atoms with van der Waals surface area (Å²) < 4.78 is 28.2. The Balaban J connectivity index is 1.90. The number of aromatic nitrogens is 2. The van der Waals surface area contributed by atoms with Gasteiger partial charge in [0.1, 0.15) is 0 Å². The van der Waals surface area contributed by atoms with E-state index in [0.717, 1.165) is 27.7 Å². The molecular formula is C18H19N5O2S. The Labute approximate surface area is 152 Å².